The fourth-order valence-electron chi connectivity index (χ4n) is 4.35. The van der Waals surface area contributed by atoms with E-state index >= 15 is 0 Å². The number of likely N-dealkylation sites (tertiary alicyclic amines) is 1. The highest BCUT2D eigenvalue weighted by atomic mass is 16.5. The van der Waals surface area contributed by atoms with E-state index in [-0.39, 0.29) is 11.0 Å². The molecule has 0 amide bonds. The number of hydrogen-bond donors (Lipinski definition) is 1. The maximum absolute atomic E-state index is 5.74. The Morgan fingerprint density at radius 1 is 1.21 bits per heavy atom. The number of rotatable bonds is 3. The molecule has 0 aromatic carbocycles. The number of morpholine rings is 1. The monoisotopic (exact) mass is 338 g/mol. The molecule has 0 aromatic heterocycles. The molecule has 6 heteroatoms. The van der Waals surface area contributed by atoms with Crippen LogP contribution in [-0.2, 0) is 9.47 Å². The molecule has 2 saturated heterocycles. The summed E-state index contributed by atoms with van der Waals surface area (Å²) in [6, 6.07) is 1.04. The third kappa shape index (κ3) is 3.04. The molecular weight excluding hydrogens is 304 g/mol. The highest BCUT2D eigenvalue weighted by Gasteiger charge is 2.58. The van der Waals surface area contributed by atoms with Crippen molar-refractivity contribution in [2.24, 2.45) is 10.4 Å². The summed E-state index contributed by atoms with van der Waals surface area (Å²) >= 11 is 0. The molecule has 3 fully saturated rings. The van der Waals surface area contributed by atoms with E-state index in [0.29, 0.717) is 12.1 Å². The largest absolute Gasteiger partial charge is 0.379 e. The summed E-state index contributed by atoms with van der Waals surface area (Å²) in [5.74, 6) is 1.04. The molecule has 3 rings (SSSR count). The van der Waals surface area contributed by atoms with E-state index < -0.39 is 0 Å². The smallest absolute Gasteiger partial charge is 0.193 e. The fourth-order valence-corrected chi connectivity index (χ4v) is 4.35. The van der Waals surface area contributed by atoms with Gasteiger partial charge in [-0.1, -0.05) is 13.8 Å². The minimum atomic E-state index is -0.0507. The van der Waals surface area contributed by atoms with E-state index in [9.17, 15) is 0 Å². The molecule has 1 saturated carbocycles. The van der Waals surface area contributed by atoms with Gasteiger partial charge in [0.15, 0.2) is 5.96 Å². The Morgan fingerprint density at radius 3 is 2.50 bits per heavy atom. The normalized spacial score (nSPS) is 37.4. The van der Waals surface area contributed by atoms with Gasteiger partial charge in [-0.3, -0.25) is 9.89 Å². The Labute approximate surface area is 146 Å². The number of aliphatic imine (C=N–C) groups is 1. The zero-order valence-corrected chi connectivity index (χ0v) is 16.0. The third-order valence-corrected chi connectivity index (χ3v) is 6.82. The minimum Gasteiger partial charge on any atom is -0.379 e. The predicted octanol–water partition coefficient (Wildman–Crippen LogP) is 1.17. The van der Waals surface area contributed by atoms with Gasteiger partial charge in [0.05, 0.1) is 18.8 Å². The van der Waals surface area contributed by atoms with Crippen molar-refractivity contribution in [3.05, 3.63) is 0 Å². The van der Waals surface area contributed by atoms with Gasteiger partial charge in [-0.2, -0.15) is 0 Å². The van der Waals surface area contributed by atoms with Crippen LogP contribution in [0.2, 0.25) is 0 Å². The number of guanidine groups is 1. The lowest BCUT2D eigenvalue weighted by Gasteiger charge is -2.59. The zero-order chi connectivity index (χ0) is 17.4. The molecule has 2 aliphatic heterocycles. The van der Waals surface area contributed by atoms with E-state index in [1.807, 2.05) is 14.2 Å². The van der Waals surface area contributed by atoms with Crippen molar-refractivity contribution in [2.45, 2.75) is 51.3 Å². The third-order valence-electron chi connectivity index (χ3n) is 6.82. The summed E-state index contributed by atoms with van der Waals surface area (Å²) in [5.41, 5.74) is 0.0475. The van der Waals surface area contributed by atoms with Gasteiger partial charge in [0, 0.05) is 57.8 Å². The van der Waals surface area contributed by atoms with Crippen LogP contribution in [0.15, 0.2) is 4.99 Å². The molecule has 0 bridgehead atoms. The van der Waals surface area contributed by atoms with Crippen molar-refractivity contribution >= 4 is 5.96 Å². The molecule has 1 aliphatic carbocycles. The lowest BCUT2D eigenvalue weighted by Crippen LogP contribution is -2.69. The van der Waals surface area contributed by atoms with Crippen LogP contribution in [0, 0.1) is 5.41 Å². The number of methoxy groups -OCH3 is 1. The average molecular weight is 338 g/mol. The SMILES string of the molecule is CN=C(NC1CC(C)(OC)C1(C)C)N1CCC(N2CCOCC2)C1. The van der Waals surface area contributed by atoms with Gasteiger partial charge in [-0.05, 0) is 19.8 Å². The molecule has 3 aliphatic rings. The Hall–Kier alpha value is -0.850. The first-order valence-corrected chi connectivity index (χ1v) is 9.26. The predicted molar refractivity (Wildman–Crippen MR) is 96.5 cm³/mol. The molecule has 0 radical (unpaired) electrons. The van der Waals surface area contributed by atoms with E-state index in [4.69, 9.17) is 9.47 Å². The average Bonchev–Trinajstić information content (AvgIpc) is 3.08. The second-order valence-electron chi connectivity index (χ2n) is 8.14. The van der Waals surface area contributed by atoms with Crippen LogP contribution < -0.4 is 5.32 Å². The van der Waals surface area contributed by atoms with Gasteiger partial charge in [0.2, 0.25) is 0 Å². The molecule has 1 N–H and O–H groups in total. The number of hydrogen-bond acceptors (Lipinski definition) is 4. The molecule has 0 aromatic rings. The van der Waals surface area contributed by atoms with E-state index in [2.05, 4.69) is 40.9 Å². The fraction of sp³-hybridized carbons (Fsp3) is 0.944. The molecule has 24 heavy (non-hydrogen) atoms. The molecule has 3 atom stereocenters. The van der Waals surface area contributed by atoms with Crippen LogP contribution >= 0.6 is 0 Å². The van der Waals surface area contributed by atoms with Crippen molar-refractivity contribution in [1.82, 2.24) is 15.1 Å². The Balaban J connectivity index is 1.56. The summed E-state index contributed by atoms with van der Waals surface area (Å²) in [5, 5.41) is 3.70. The molecule has 6 nitrogen and oxygen atoms in total. The van der Waals surface area contributed by atoms with Crippen molar-refractivity contribution < 1.29 is 9.47 Å². The van der Waals surface area contributed by atoms with Gasteiger partial charge < -0.3 is 19.7 Å². The summed E-state index contributed by atoms with van der Waals surface area (Å²) in [6.45, 7) is 12.8. The van der Waals surface area contributed by atoms with Crippen LogP contribution in [0.5, 0.6) is 0 Å². The van der Waals surface area contributed by atoms with Crippen LogP contribution in [0.3, 0.4) is 0 Å². The van der Waals surface area contributed by atoms with Gasteiger partial charge in [0.1, 0.15) is 0 Å². The van der Waals surface area contributed by atoms with Crippen molar-refractivity contribution in [1.29, 1.82) is 0 Å². The van der Waals surface area contributed by atoms with Crippen molar-refractivity contribution in [3.8, 4) is 0 Å². The first-order valence-electron chi connectivity index (χ1n) is 9.26. The van der Waals surface area contributed by atoms with Crippen LogP contribution in [-0.4, -0.2) is 87.0 Å². The second-order valence-corrected chi connectivity index (χ2v) is 8.14. The first-order chi connectivity index (χ1) is 11.4. The van der Waals surface area contributed by atoms with Crippen molar-refractivity contribution in [3.63, 3.8) is 0 Å². The summed E-state index contributed by atoms with van der Waals surface area (Å²) in [6.07, 6.45) is 2.24. The van der Waals surface area contributed by atoms with Crippen LogP contribution in [0.4, 0.5) is 0 Å². The summed E-state index contributed by atoms with van der Waals surface area (Å²) in [4.78, 5) is 9.55. The highest BCUT2D eigenvalue weighted by molar-refractivity contribution is 5.80. The van der Waals surface area contributed by atoms with Gasteiger partial charge in [-0.15, -0.1) is 0 Å². The lowest BCUT2D eigenvalue weighted by molar-refractivity contribution is -0.176. The number of nitrogens with one attached hydrogen (secondary N) is 1. The zero-order valence-electron chi connectivity index (χ0n) is 16.0. The second kappa shape index (κ2) is 6.81. The molecular formula is C18H34N4O2. The maximum atomic E-state index is 5.74. The Bertz CT molecular complexity index is 476. The molecule has 3 unspecified atom stereocenters. The number of nitrogens with zero attached hydrogens (tertiary/aromatic N) is 3. The Kier molecular flexibility index (Phi) is 5.09. The summed E-state index contributed by atoms with van der Waals surface area (Å²) < 4.78 is 11.2. The molecule has 0 spiro atoms. The minimum absolute atomic E-state index is 0.0507. The van der Waals surface area contributed by atoms with E-state index in [1.54, 1.807) is 0 Å². The van der Waals surface area contributed by atoms with Crippen molar-refractivity contribution in [2.75, 3.05) is 53.6 Å². The van der Waals surface area contributed by atoms with E-state index in [1.165, 1.54) is 6.42 Å². The number of ether oxygens (including phenoxy) is 2. The maximum Gasteiger partial charge on any atom is 0.193 e. The van der Waals surface area contributed by atoms with Gasteiger partial charge in [-0.25, -0.2) is 0 Å². The van der Waals surface area contributed by atoms with Crippen LogP contribution in [0.25, 0.3) is 0 Å². The topological polar surface area (TPSA) is 49.3 Å². The van der Waals surface area contributed by atoms with E-state index in [0.717, 1.165) is 51.8 Å². The quantitative estimate of drug-likeness (QED) is 0.618. The first kappa shape index (κ1) is 18.0. The van der Waals surface area contributed by atoms with Gasteiger partial charge >= 0.3 is 0 Å². The summed E-state index contributed by atoms with van der Waals surface area (Å²) in [7, 11) is 3.71. The van der Waals surface area contributed by atoms with Crippen LogP contribution in [0.1, 0.15) is 33.6 Å². The molecule has 138 valence electrons. The highest BCUT2D eigenvalue weighted by Crippen LogP contribution is 2.51. The molecule has 2 heterocycles. The Morgan fingerprint density at radius 2 is 1.92 bits per heavy atom. The van der Waals surface area contributed by atoms with Gasteiger partial charge in [0.25, 0.3) is 0 Å². The lowest BCUT2D eigenvalue weighted by atomic mass is 9.56. The standard InChI is InChI=1S/C18H34N4O2/c1-17(2)15(12-18(17,3)23-5)20-16(19-4)22-7-6-14(13-22)21-8-10-24-11-9-21/h14-15H,6-13H2,1-5H3,(H,19,20).